The minimum atomic E-state index is -5.28. The van der Waals surface area contributed by atoms with Crippen LogP contribution in [0.15, 0.2) is 71.1 Å². The van der Waals surface area contributed by atoms with Crippen molar-refractivity contribution in [3.63, 3.8) is 0 Å². The summed E-state index contributed by atoms with van der Waals surface area (Å²) < 4.78 is 46.3. The lowest BCUT2D eigenvalue weighted by Gasteiger charge is -2.44. The molecule has 6 nitrogen and oxygen atoms in total. The molecule has 0 radical (unpaired) electrons. The van der Waals surface area contributed by atoms with Crippen LogP contribution in [0.5, 0.6) is 0 Å². The number of ketones is 1. The summed E-state index contributed by atoms with van der Waals surface area (Å²) in [5.74, 6) is -4.22. The molecule has 0 bridgehead atoms. The van der Waals surface area contributed by atoms with E-state index in [9.17, 15) is 27.9 Å². The number of carbonyl (C=O) groups is 2. The second kappa shape index (κ2) is 7.99. The Hall–Kier alpha value is -3.30. The molecule has 2 amide bonds. The number of nitrogens with one attached hydrogen (secondary N) is 2. The molecule has 3 N–H and O–H groups in total. The molecule has 10 heteroatoms. The summed E-state index contributed by atoms with van der Waals surface area (Å²) in [6.07, 6.45) is -5.28. The first kappa shape index (κ1) is 21.9. The van der Waals surface area contributed by atoms with Gasteiger partial charge in [0.05, 0.1) is 0 Å². The number of aliphatic hydroxyl groups is 1. The number of Topliss-reactive ketones (excluding diaryl/α,β-unsaturated/α-hetero) is 1. The zero-order chi connectivity index (χ0) is 23.1. The number of halogens is 4. The number of hydrogen-bond acceptors (Lipinski definition) is 4. The lowest BCUT2D eigenvalue weighted by Crippen LogP contribution is -2.66. The van der Waals surface area contributed by atoms with Gasteiger partial charge in [0.15, 0.2) is 5.72 Å². The van der Waals surface area contributed by atoms with Crippen molar-refractivity contribution in [2.75, 3.05) is 0 Å². The van der Waals surface area contributed by atoms with E-state index in [-0.39, 0.29) is 17.1 Å². The summed E-state index contributed by atoms with van der Waals surface area (Å²) in [4.78, 5) is 24.8. The first-order chi connectivity index (χ1) is 15.1. The van der Waals surface area contributed by atoms with E-state index >= 15 is 0 Å². The van der Waals surface area contributed by atoms with Gasteiger partial charge in [0.2, 0.25) is 5.78 Å². The number of alkyl halides is 3. The maximum absolute atomic E-state index is 13.5. The molecule has 3 atom stereocenters. The van der Waals surface area contributed by atoms with Crippen LogP contribution in [0.4, 0.5) is 18.0 Å². The first-order valence-corrected chi connectivity index (χ1v) is 9.80. The fourth-order valence-electron chi connectivity index (χ4n) is 3.74. The fourth-order valence-corrected chi connectivity index (χ4v) is 3.86. The molecule has 0 spiro atoms. The Morgan fingerprint density at radius 3 is 2.31 bits per heavy atom. The smallest absolute Gasteiger partial charge is 0.450 e. The van der Waals surface area contributed by atoms with Gasteiger partial charge in [-0.05, 0) is 36.4 Å². The van der Waals surface area contributed by atoms with Gasteiger partial charge in [-0.1, -0.05) is 41.9 Å². The minimum absolute atomic E-state index is 0.0769. The van der Waals surface area contributed by atoms with Crippen LogP contribution in [0.1, 0.15) is 17.4 Å². The molecule has 3 unspecified atom stereocenters. The maximum Gasteiger partial charge on any atom is 0.450 e. The molecule has 166 valence electrons. The van der Waals surface area contributed by atoms with Crippen molar-refractivity contribution in [3.05, 3.63) is 83.1 Å². The highest BCUT2D eigenvalue weighted by molar-refractivity contribution is 6.30. The fraction of sp³-hybridized carbons (Fsp3) is 0.182. The summed E-state index contributed by atoms with van der Waals surface area (Å²) in [6, 6.07) is 13.9. The number of carbonyl (C=O) groups excluding carboxylic acids is 2. The van der Waals surface area contributed by atoms with Crippen molar-refractivity contribution in [2.45, 2.75) is 17.9 Å². The van der Waals surface area contributed by atoms with Gasteiger partial charge in [0.1, 0.15) is 23.5 Å². The van der Waals surface area contributed by atoms with Crippen LogP contribution < -0.4 is 10.6 Å². The minimum Gasteiger partial charge on any atom is -0.459 e. The summed E-state index contributed by atoms with van der Waals surface area (Å²) in [5.41, 5.74) is -2.13. The van der Waals surface area contributed by atoms with E-state index < -0.39 is 35.7 Å². The molecule has 1 aliphatic rings. The zero-order valence-electron chi connectivity index (χ0n) is 16.2. The first-order valence-electron chi connectivity index (χ1n) is 9.43. The zero-order valence-corrected chi connectivity index (χ0v) is 16.9. The van der Waals surface area contributed by atoms with E-state index in [0.29, 0.717) is 10.6 Å². The van der Waals surface area contributed by atoms with Crippen molar-refractivity contribution < 1.29 is 32.3 Å². The lowest BCUT2D eigenvalue weighted by atomic mass is 9.77. The number of urea groups is 1. The van der Waals surface area contributed by atoms with Gasteiger partial charge in [-0.15, -0.1) is 0 Å². The van der Waals surface area contributed by atoms with Gasteiger partial charge >= 0.3 is 12.2 Å². The van der Waals surface area contributed by atoms with Crippen molar-refractivity contribution in [2.24, 2.45) is 5.92 Å². The SMILES string of the molecule is O=C1NC(c2ccc(-c3ccc(Cl)cc3)o2)C(C(=O)C(F)(F)F)C(O)(c2ccccc2)N1. The van der Waals surface area contributed by atoms with Crippen LogP contribution >= 0.6 is 11.6 Å². The van der Waals surface area contributed by atoms with Crippen molar-refractivity contribution in [1.82, 2.24) is 10.6 Å². The Morgan fingerprint density at radius 2 is 1.69 bits per heavy atom. The third kappa shape index (κ3) is 3.96. The standard InChI is InChI=1S/C22H16ClF3N2O4/c23-14-8-6-12(7-9-14)15-10-11-16(32-15)18-17(19(29)22(24,25)26)21(31,28-20(30)27-18)13-4-2-1-3-5-13/h1-11,17-18,31H,(H2,27,28,30). The van der Waals surface area contributed by atoms with Gasteiger partial charge in [0.25, 0.3) is 0 Å². The molecule has 1 aromatic heterocycles. The summed E-state index contributed by atoms with van der Waals surface area (Å²) in [7, 11) is 0. The van der Waals surface area contributed by atoms with E-state index in [1.54, 1.807) is 30.3 Å². The van der Waals surface area contributed by atoms with E-state index in [2.05, 4.69) is 10.6 Å². The van der Waals surface area contributed by atoms with E-state index in [1.807, 2.05) is 0 Å². The molecular weight excluding hydrogens is 449 g/mol. The van der Waals surface area contributed by atoms with E-state index in [0.717, 1.165) is 0 Å². The second-order valence-corrected chi connectivity index (χ2v) is 7.69. The highest BCUT2D eigenvalue weighted by atomic mass is 35.5. The molecular formula is C22H16ClF3N2O4. The normalized spacial score (nSPS) is 23.3. The Morgan fingerprint density at radius 1 is 1.03 bits per heavy atom. The molecule has 1 aliphatic heterocycles. The molecule has 0 saturated carbocycles. The predicted octanol–water partition coefficient (Wildman–Crippen LogP) is 4.55. The van der Waals surface area contributed by atoms with Crippen LogP contribution in [-0.2, 0) is 10.5 Å². The highest BCUT2D eigenvalue weighted by Crippen LogP contribution is 2.43. The highest BCUT2D eigenvalue weighted by Gasteiger charge is 2.60. The van der Waals surface area contributed by atoms with Crippen LogP contribution in [0.3, 0.4) is 0 Å². The topological polar surface area (TPSA) is 91.6 Å². The van der Waals surface area contributed by atoms with Crippen LogP contribution in [0.25, 0.3) is 11.3 Å². The average Bonchev–Trinajstić information content (AvgIpc) is 3.23. The molecule has 4 rings (SSSR count). The van der Waals surface area contributed by atoms with Crippen LogP contribution in [-0.4, -0.2) is 23.1 Å². The van der Waals surface area contributed by atoms with Crippen molar-refractivity contribution >= 4 is 23.4 Å². The largest absolute Gasteiger partial charge is 0.459 e. The number of furan rings is 1. The number of amides is 2. The van der Waals surface area contributed by atoms with Gasteiger partial charge in [-0.2, -0.15) is 13.2 Å². The summed E-state index contributed by atoms with van der Waals surface area (Å²) in [5, 5.41) is 16.1. The third-order valence-corrected chi connectivity index (χ3v) is 5.46. The summed E-state index contributed by atoms with van der Waals surface area (Å²) in [6.45, 7) is 0. The lowest BCUT2D eigenvalue weighted by molar-refractivity contribution is -0.190. The summed E-state index contributed by atoms with van der Waals surface area (Å²) >= 11 is 5.87. The van der Waals surface area contributed by atoms with Crippen LogP contribution in [0, 0.1) is 5.92 Å². The number of rotatable bonds is 4. The molecule has 3 aromatic rings. The molecule has 1 saturated heterocycles. The van der Waals surface area contributed by atoms with Gasteiger partial charge < -0.3 is 20.2 Å². The van der Waals surface area contributed by atoms with Gasteiger partial charge in [0, 0.05) is 16.1 Å². The molecule has 1 fully saturated rings. The molecule has 32 heavy (non-hydrogen) atoms. The Kier molecular flexibility index (Phi) is 5.47. The number of hydrogen-bond donors (Lipinski definition) is 3. The van der Waals surface area contributed by atoms with E-state index in [1.165, 1.54) is 36.4 Å². The Labute approximate surface area is 185 Å². The van der Waals surface area contributed by atoms with Gasteiger partial charge in [-0.25, -0.2) is 4.79 Å². The Balaban J connectivity index is 1.81. The van der Waals surface area contributed by atoms with Crippen LogP contribution in [0.2, 0.25) is 5.02 Å². The van der Waals surface area contributed by atoms with Crippen molar-refractivity contribution in [1.29, 1.82) is 0 Å². The van der Waals surface area contributed by atoms with E-state index in [4.69, 9.17) is 16.0 Å². The van der Waals surface area contributed by atoms with Gasteiger partial charge in [-0.3, -0.25) is 4.79 Å². The second-order valence-electron chi connectivity index (χ2n) is 7.26. The number of benzene rings is 2. The molecule has 0 aliphatic carbocycles. The maximum atomic E-state index is 13.5. The Bertz CT molecular complexity index is 1150. The quantitative estimate of drug-likeness (QED) is 0.528. The monoisotopic (exact) mass is 464 g/mol. The molecule has 2 aromatic carbocycles. The third-order valence-electron chi connectivity index (χ3n) is 5.21. The molecule has 2 heterocycles. The predicted molar refractivity (Wildman–Crippen MR) is 108 cm³/mol. The van der Waals surface area contributed by atoms with Crippen molar-refractivity contribution in [3.8, 4) is 11.3 Å². The average molecular weight is 465 g/mol.